The number of sulfone groups is 1. The molecule has 172 valence electrons. The fraction of sp³-hybridized carbons (Fsp3) is 0.217. The second-order valence-corrected chi connectivity index (χ2v) is 9.79. The highest BCUT2D eigenvalue weighted by Gasteiger charge is 2.19. The Balaban J connectivity index is 1.50. The van der Waals surface area contributed by atoms with Crippen LogP contribution in [0.5, 0.6) is 0 Å². The maximum absolute atomic E-state index is 12.7. The number of amides is 1. The van der Waals surface area contributed by atoms with E-state index in [9.17, 15) is 18.0 Å². The van der Waals surface area contributed by atoms with E-state index in [0.717, 1.165) is 0 Å². The summed E-state index contributed by atoms with van der Waals surface area (Å²) in [4.78, 5) is 26.9. The van der Waals surface area contributed by atoms with Gasteiger partial charge in [0, 0.05) is 18.8 Å². The lowest BCUT2D eigenvalue weighted by Gasteiger charge is -2.09. The van der Waals surface area contributed by atoms with E-state index in [0.29, 0.717) is 29.9 Å². The van der Waals surface area contributed by atoms with Crippen LogP contribution in [-0.2, 0) is 22.1 Å². The van der Waals surface area contributed by atoms with Gasteiger partial charge in [-0.3, -0.25) is 9.36 Å². The van der Waals surface area contributed by atoms with E-state index in [1.54, 1.807) is 36.4 Å². The first-order chi connectivity index (χ1) is 15.7. The van der Waals surface area contributed by atoms with Crippen molar-refractivity contribution in [2.24, 2.45) is 0 Å². The van der Waals surface area contributed by atoms with Crippen molar-refractivity contribution >= 4 is 32.5 Å². The minimum Gasteiger partial charge on any atom is -0.455 e. The van der Waals surface area contributed by atoms with Crippen LogP contribution >= 0.6 is 0 Å². The van der Waals surface area contributed by atoms with E-state index in [-0.39, 0.29) is 22.2 Å². The number of hydrogen-bond donors (Lipinski definition) is 1. The number of benzene rings is 2. The molecule has 4 aromatic rings. The Morgan fingerprint density at radius 3 is 2.52 bits per heavy atom. The van der Waals surface area contributed by atoms with Crippen LogP contribution in [0.25, 0.3) is 11.1 Å². The Bertz CT molecular complexity index is 1450. The van der Waals surface area contributed by atoms with E-state index in [1.165, 1.54) is 28.8 Å². The molecule has 0 fully saturated rings. The number of likely N-dealkylation sites (N-methyl/N-ethyl adjacent to an activating group) is 1. The first-order valence-electron chi connectivity index (χ1n) is 10.2. The number of carbonyl (C=O) groups excluding carboxylic acids is 1. The predicted octanol–water partition coefficient (Wildman–Crippen LogP) is 2.98. The van der Waals surface area contributed by atoms with Crippen LogP contribution < -0.4 is 11.1 Å². The number of aromatic nitrogens is 1. The van der Waals surface area contributed by atoms with Crippen LogP contribution in [0.15, 0.2) is 79.2 Å². The highest BCUT2D eigenvalue weighted by Crippen LogP contribution is 2.21. The molecule has 2 aromatic heterocycles. The number of rotatable bonds is 8. The lowest BCUT2D eigenvalue weighted by Crippen LogP contribution is -2.23. The van der Waals surface area contributed by atoms with Gasteiger partial charge in [-0.05, 0) is 56.6 Å². The molecule has 10 heteroatoms. The summed E-state index contributed by atoms with van der Waals surface area (Å²) < 4.78 is 37.3. The summed E-state index contributed by atoms with van der Waals surface area (Å²) in [5.74, 6) is -1.23. The molecule has 1 amide bonds. The van der Waals surface area contributed by atoms with Crippen molar-refractivity contribution in [1.82, 2.24) is 9.47 Å². The SMILES string of the molecule is CN(C)CCn1c(=O)oc2ccc(NC(=O)c3ccc(CS(=O)(=O)c4ccccc4)o3)cc21. The average Bonchev–Trinajstić information content (AvgIpc) is 3.36. The number of nitrogens with zero attached hydrogens (tertiary/aromatic N) is 2. The molecule has 0 atom stereocenters. The molecule has 0 unspecified atom stereocenters. The molecule has 4 rings (SSSR count). The summed E-state index contributed by atoms with van der Waals surface area (Å²) in [5.41, 5.74) is 1.43. The summed E-state index contributed by atoms with van der Waals surface area (Å²) in [6.07, 6.45) is 0. The maximum Gasteiger partial charge on any atom is 0.419 e. The van der Waals surface area contributed by atoms with Crippen LogP contribution in [0.2, 0.25) is 0 Å². The van der Waals surface area contributed by atoms with Gasteiger partial charge in [-0.2, -0.15) is 0 Å². The van der Waals surface area contributed by atoms with Gasteiger partial charge in [-0.25, -0.2) is 13.2 Å². The maximum atomic E-state index is 12.7. The quantitative estimate of drug-likeness (QED) is 0.422. The van der Waals surface area contributed by atoms with Gasteiger partial charge in [0.15, 0.2) is 21.2 Å². The molecular weight excluding hydrogens is 446 g/mol. The second kappa shape index (κ2) is 9.08. The van der Waals surface area contributed by atoms with Crippen LogP contribution in [-0.4, -0.2) is 44.4 Å². The van der Waals surface area contributed by atoms with Crippen LogP contribution in [0, 0.1) is 0 Å². The zero-order valence-electron chi connectivity index (χ0n) is 18.1. The summed E-state index contributed by atoms with van der Waals surface area (Å²) in [7, 11) is 0.214. The molecule has 2 aromatic carbocycles. The van der Waals surface area contributed by atoms with E-state index in [1.807, 2.05) is 19.0 Å². The lowest BCUT2D eigenvalue weighted by molar-refractivity contribution is 0.0995. The fourth-order valence-corrected chi connectivity index (χ4v) is 4.59. The summed E-state index contributed by atoms with van der Waals surface area (Å²) in [5, 5.41) is 2.71. The Labute approximate surface area is 190 Å². The third kappa shape index (κ3) is 5.07. The largest absolute Gasteiger partial charge is 0.455 e. The normalized spacial score (nSPS) is 11.8. The Hall–Kier alpha value is -3.63. The van der Waals surface area contributed by atoms with Crippen molar-refractivity contribution in [2.75, 3.05) is 26.0 Å². The number of carbonyl (C=O) groups is 1. The van der Waals surface area contributed by atoms with E-state index in [4.69, 9.17) is 8.83 Å². The van der Waals surface area contributed by atoms with Crippen molar-refractivity contribution in [3.05, 3.63) is 82.7 Å². The molecule has 33 heavy (non-hydrogen) atoms. The molecule has 0 aliphatic rings. The first kappa shape index (κ1) is 22.6. The number of furan rings is 1. The molecular formula is C23H23N3O6S. The zero-order chi connectivity index (χ0) is 23.6. The van der Waals surface area contributed by atoms with Gasteiger partial charge in [0.1, 0.15) is 11.5 Å². The van der Waals surface area contributed by atoms with E-state index >= 15 is 0 Å². The van der Waals surface area contributed by atoms with Crippen molar-refractivity contribution in [3.8, 4) is 0 Å². The molecule has 2 heterocycles. The minimum absolute atomic E-state index is 0.0226. The number of oxazole rings is 1. The third-order valence-corrected chi connectivity index (χ3v) is 6.67. The van der Waals surface area contributed by atoms with Gasteiger partial charge < -0.3 is 19.1 Å². The number of hydrogen-bond acceptors (Lipinski definition) is 7. The highest BCUT2D eigenvalue weighted by atomic mass is 32.2. The number of fused-ring (bicyclic) bond motifs is 1. The van der Waals surface area contributed by atoms with Gasteiger partial charge in [-0.1, -0.05) is 18.2 Å². The van der Waals surface area contributed by atoms with E-state index < -0.39 is 21.5 Å². The Morgan fingerprint density at radius 1 is 1.03 bits per heavy atom. The fourth-order valence-electron chi connectivity index (χ4n) is 3.32. The van der Waals surface area contributed by atoms with Gasteiger partial charge in [0.25, 0.3) is 5.91 Å². The van der Waals surface area contributed by atoms with Crippen LogP contribution in [0.1, 0.15) is 16.3 Å². The Kier molecular flexibility index (Phi) is 6.21. The van der Waals surface area contributed by atoms with Crippen molar-refractivity contribution in [1.29, 1.82) is 0 Å². The molecule has 1 N–H and O–H groups in total. The van der Waals surface area contributed by atoms with Gasteiger partial charge >= 0.3 is 5.76 Å². The summed E-state index contributed by atoms with van der Waals surface area (Å²) >= 11 is 0. The van der Waals surface area contributed by atoms with Gasteiger partial charge in [0.05, 0.1) is 10.4 Å². The van der Waals surface area contributed by atoms with Crippen molar-refractivity contribution in [3.63, 3.8) is 0 Å². The molecule has 0 spiro atoms. The molecule has 0 saturated heterocycles. The second-order valence-electron chi connectivity index (χ2n) is 7.80. The molecule has 0 saturated carbocycles. The molecule has 0 radical (unpaired) electrons. The topological polar surface area (TPSA) is 115 Å². The molecule has 0 aliphatic heterocycles. The van der Waals surface area contributed by atoms with Gasteiger partial charge in [-0.15, -0.1) is 0 Å². The summed E-state index contributed by atoms with van der Waals surface area (Å²) in [6.45, 7) is 1.08. The Morgan fingerprint density at radius 2 is 1.79 bits per heavy atom. The summed E-state index contributed by atoms with van der Waals surface area (Å²) in [6, 6.07) is 15.8. The molecule has 0 bridgehead atoms. The standard InChI is InChI=1S/C23H23N3O6S/c1-25(2)12-13-26-19-14-16(8-10-20(19)32-23(26)28)24-22(27)21-11-9-17(31-21)15-33(29,30)18-6-4-3-5-7-18/h3-11,14H,12-13,15H2,1-2H3,(H,24,27). The lowest BCUT2D eigenvalue weighted by atomic mass is 10.2. The van der Waals surface area contributed by atoms with Crippen LogP contribution in [0.4, 0.5) is 5.69 Å². The zero-order valence-corrected chi connectivity index (χ0v) is 19.0. The van der Waals surface area contributed by atoms with E-state index in [2.05, 4.69) is 5.32 Å². The monoisotopic (exact) mass is 469 g/mol. The highest BCUT2D eigenvalue weighted by molar-refractivity contribution is 7.90. The van der Waals surface area contributed by atoms with Crippen molar-refractivity contribution in [2.45, 2.75) is 17.2 Å². The van der Waals surface area contributed by atoms with Gasteiger partial charge in [0.2, 0.25) is 0 Å². The predicted molar refractivity (Wildman–Crippen MR) is 123 cm³/mol. The molecule has 0 aliphatic carbocycles. The number of nitrogens with one attached hydrogen (secondary N) is 1. The first-order valence-corrected chi connectivity index (χ1v) is 11.8. The molecule has 9 nitrogen and oxygen atoms in total. The van der Waals surface area contributed by atoms with Crippen molar-refractivity contribution < 1.29 is 22.0 Å². The minimum atomic E-state index is -3.59. The smallest absolute Gasteiger partial charge is 0.419 e. The number of anilines is 1. The average molecular weight is 470 g/mol. The third-order valence-electron chi connectivity index (χ3n) is 5.02. The van der Waals surface area contributed by atoms with Crippen LogP contribution in [0.3, 0.4) is 0 Å².